The number of nitrogens with two attached hydrogens (primary N) is 1. The number of anilines is 1. The number of amides is 2. The van der Waals surface area contributed by atoms with Crippen LogP contribution in [-0.4, -0.2) is 32.3 Å². The molecule has 3 rings (SSSR count). The molecule has 3 N–H and O–H groups in total. The molecule has 0 aliphatic rings. The van der Waals surface area contributed by atoms with Crippen LogP contribution in [0, 0.1) is 13.8 Å². The summed E-state index contributed by atoms with van der Waals surface area (Å²) in [6.45, 7) is 4.27. The van der Waals surface area contributed by atoms with Gasteiger partial charge in [0.05, 0.1) is 12.0 Å². The van der Waals surface area contributed by atoms with Gasteiger partial charge in [0.2, 0.25) is 11.8 Å². The molecule has 2 aromatic heterocycles. The van der Waals surface area contributed by atoms with Crippen LogP contribution in [0.25, 0.3) is 11.6 Å². The maximum Gasteiger partial charge on any atom is 0.234 e. The fourth-order valence-electron chi connectivity index (χ4n) is 2.78. The normalized spacial score (nSPS) is 10.8. The van der Waals surface area contributed by atoms with E-state index < -0.39 is 5.91 Å². The lowest BCUT2D eigenvalue weighted by atomic mass is 10.1. The van der Waals surface area contributed by atoms with E-state index in [1.165, 1.54) is 18.0 Å². The third kappa shape index (κ3) is 5.01. The van der Waals surface area contributed by atoms with Crippen molar-refractivity contribution >= 4 is 29.3 Å². The Hall–Kier alpha value is -3.07. The summed E-state index contributed by atoms with van der Waals surface area (Å²) >= 11 is 1.24. The van der Waals surface area contributed by atoms with E-state index in [4.69, 9.17) is 10.2 Å². The van der Waals surface area contributed by atoms with Crippen molar-refractivity contribution in [1.82, 2.24) is 14.8 Å². The van der Waals surface area contributed by atoms with E-state index in [1.54, 1.807) is 16.7 Å². The number of furan rings is 1. The summed E-state index contributed by atoms with van der Waals surface area (Å²) in [6, 6.07) is 9.38. The molecule has 0 fully saturated rings. The first-order valence-corrected chi connectivity index (χ1v) is 9.67. The minimum Gasteiger partial charge on any atom is -0.461 e. The predicted octanol–water partition coefficient (Wildman–Crippen LogP) is 2.76. The summed E-state index contributed by atoms with van der Waals surface area (Å²) in [5.41, 5.74) is 8.19. The zero-order chi connectivity index (χ0) is 20.1. The van der Waals surface area contributed by atoms with E-state index in [0.29, 0.717) is 23.3 Å². The highest BCUT2D eigenvalue weighted by molar-refractivity contribution is 7.99. The number of benzene rings is 1. The van der Waals surface area contributed by atoms with E-state index in [1.807, 2.05) is 32.0 Å². The van der Waals surface area contributed by atoms with E-state index in [9.17, 15) is 9.59 Å². The van der Waals surface area contributed by atoms with E-state index in [0.717, 1.165) is 16.8 Å². The Labute approximate surface area is 166 Å². The minimum absolute atomic E-state index is 0.133. The summed E-state index contributed by atoms with van der Waals surface area (Å²) in [5.74, 6) is 0.591. The molecule has 0 atom stereocenters. The van der Waals surface area contributed by atoms with Crippen molar-refractivity contribution in [2.75, 3.05) is 11.1 Å². The number of nitrogens with zero attached hydrogens (tertiary/aromatic N) is 3. The second-order valence-electron chi connectivity index (χ2n) is 6.36. The molecular weight excluding hydrogens is 378 g/mol. The van der Waals surface area contributed by atoms with Crippen LogP contribution in [0.5, 0.6) is 0 Å². The van der Waals surface area contributed by atoms with Gasteiger partial charge in [-0.1, -0.05) is 17.8 Å². The van der Waals surface area contributed by atoms with Crippen LogP contribution in [-0.2, 0) is 16.1 Å². The fraction of sp³-hybridized carbons (Fsp3) is 0.263. The minimum atomic E-state index is -0.428. The Bertz CT molecular complexity index is 961. The van der Waals surface area contributed by atoms with Crippen LogP contribution >= 0.6 is 11.8 Å². The Morgan fingerprint density at radius 2 is 1.96 bits per heavy atom. The van der Waals surface area contributed by atoms with Crippen molar-refractivity contribution in [3.8, 4) is 11.6 Å². The first-order valence-electron chi connectivity index (χ1n) is 8.68. The maximum absolute atomic E-state index is 12.3. The molecule has 9 heteroatoms. The van der Waals surface area contributed by atoms with Crippen LogP contribution in [0.4, 0.5) is 5.69 Å². The van der Waals surface area contributed by atoms with Gasteiger partial charge in [0.1, 0.15) is 0 Å². The lowest BCUT2D eigenvalue weighted by molar-refractivity contribution is -0.118. The highest BCUT2D eigenvalue weighted by Crippen LogP contribution is 2.25. The van der Waals surface area contributed by atoms with Crippen molar-refractivity contribution in [2.45, 2.75) is 32.0 Å². The summed E-state index contributed by atoms with van der Waals surface area (Å²) in [6.07, 6.45) is 1.67. The average molecular weight is 399 g/mol. The largest absolute Gasteiger partial charge is 0.461 e. The maximum atomic E-state index is 12.3. The van der Waals surface area contributed by atoms with Crippen molar-refractivity contribution in [3.05, 3.63) is 47.7 Å². The van der Waals surface area contributed by atoms with Crippen LogP contribution in [0.3, 0.4) is 0 Å². The highest BCUT2D eigenvalue weighted by atomic mass is 32.2. The topological polar surface area (TPSA) is 116 Å². The monoisotopic (exact) mass is 399 g/mol. The van der Waals surface area contributed by atoms with E-state index in [-0.39, 0.29) is 18.1 Å². The van der Waals surface area contributed by atoms with Crippen LogP contribution in [0.15, 0.2) is 46.2 Å². The molecule has 146 valence electrons. The quantitative estimate of drug-likeness (QED) is 0.563. The van der Waals surface area contributed by atoms with Gasteiger partial charge >= 0.3 is 0 Å². The molecule has 2 heterocycles. The Kier molecular flexibility index (Phi) is 6.15. The summed E-state index contributed by atoms with van der Waals surface area (Å²) in [5, 5.41) is 11.7. The van der Waals surface area contributed by atoms with Crippen molar-refractivity contribution in [3.63, 3.8) is 0 Å². The van der Waals surface area contributed by atoms with Gasteiger partial charge in [-0.3, -0.25) is 14.2 Å². The van der Waals surface area contributed by atoms with Gasteiger partial charge in [-0.15, -0.1) is 10.2 Å². The fourth-order valence-corrected chi connectivity index (χ4v) is 3.55. The summed E-state index contributed by atoms with van der Waals surface area (Å²) in [7, 11) is 0. The van der Waals surface area contributed by atoms with Crippen LogP contribution < -0.4 is 11.1 Å². The van der Waals surface area contributed by atoms with Gasteiger partial charge in [0, 0.05) is 18.7 Å². The van der Waals surface area contributed by atoms with Gasteiger partial charge in [0.25, 0.3) is 0 Å². The van der Waals surface area contributed by atoms with Gasteiger partial charge in [-0.05, 0) is 49.2 Å². The molecule has 0 saturated carbocycles. The van der Waals surface area contributed by atoms with Crippen molar-refractivity contribution in [1.29, 1.82) is 0 Å². The first-order chi connectivity index (χ1) is 13.4. The van der Waals surface area contributed by atoms with Crippen LogP contribution in [0.2, 0.25) is 0 Å². The SMILES string of the molecule is Cc1cc(C)cc(NC(=O)CSc2nnc(-c3ccco3)n2CCC(N)=O)c1. The number of carbonyl (C=O) groups excluding carboxylic acids is 2. The number of primary amides is 1. The molecule has 8 nitrogen and oxygen atoms in total. The third-order valence-electron chi connectivity index (χ3n) is 3.88. The number of aromatic nitrogens is 3. The predicted molar refractivity (Wildman–Crippen MR) is 107 cm³/mol. The molecule has 3 aromatic rings. The number of hydrogen-bond acceptors (Lipinski definition) is 6. The van der Waals surface area contributed by atoms with Gasteiger partial charge < -0.3 is 15.5 Å². The molecule has 28 heavy (non-hydrogen) atoms. The Morgan fingerprint density at radius 1 is 1.21 bits per heavy atom. The molecule has 0 spiro atoms. The summed E-state index contributed by atoms with van der Waals surface area (Å²) in [4.78, 5) is 23.5. The lowest BCUT2D eigenvalue weighted by Gasteiger charge is -2.09. The van der Waals surface area contributed by atoms with E-state index >= 15 is 0 Å². The number of carbonyl (C=O) groups is 2. The Morgan fingerprint density at radius 3 is 2.61 bits per heavy atom. The third-order valence-corrected chi connectivity index (χ3v) is 4.84. The van der Waals surface area contributed by atoms with Crippen molar-refractivity contribution < 1.29 is 14.0 Å². The molecule has 1 aromatic carbocycles. The average Bonchev–Trinajstić information content (AvgIpc) is 3.26. The second-order valence-corrected chi connectivity index (χ2v) is 7.31. The highest BCUT2D eigenvalue weighted by Gasteiger charge is 2.18. The smallest absolute Gasteiger partial charge is 0.234 e. The van der Waals surface area contributed by atoms with Crippen molar-refractivity contribution in [2.24, 2.45) is 5.73 Å². The number of rotatable bonds is 8. The number of hydrogen-bond donors (Lipinski definition) is 2. The molecule has 0 radical (unpaired) electrons. The van der Waals surface area contributed by atoms with Gasteiger partial charge in [-0.2, -0.15) is 0 Å². The van der Waals surface area contributed by atoms with Crippen LogP contribution in [0.1, 0.15) is 17.5 Å². The zero-order valence-electron chi connectivity index (χ0n) is 15.6. The molecule has 0 unspecified atom stereocenters. The molecule has 0 aliphatic heterocycles. The lowest BCUT2D eigenvalue weighted by Crippen LogP contribution is -2.16. The molecule has 2 amide bonds. The molecule has 0 bridgehead atoms. The number of thioether (sulfide) groups is 1. The number of aryl methyl sites for hydroxylation is 2. The summed E-state index contributed by atoms with van der Waals surface area (Å²) < 4.78 is 7.11. The standard InChI is InChI=1S/C19H21N5O3S/c1-12-8-13(2)10-14(9-12)21-17(26)11-28-19-23-22-18(15-4-3-7-27-15)24(19)6-5-16(20)25/h3-4,7-10H,5-6,11H2,1-2H3,(H2,20,25)(H,21,26). The first kappa shape index (κ1) is 19.7. The second kappa shape index (κ2) is 8.75. The Balaban J connectivity index is 1.70. The van der Waals surface area contributed by atoms with E-state index in [2.05, 4.69) is 15.5 Å². The zero-order valence-corrected chi connectivity index (χ0v) is 16.5. The molecular formula is C19H21N5O3S. The molecule has 0 saturated heterocycles. The van der Waals surface area contributed by atoms with Gasteiger partial charge in [0.15, 0.2) is 16.7 Å². The number of nitrogens with one attached hydrogen (secondary N) is 1. The van der Waals surface area contributed by atoms with Gasteiger partial charge in [-0.25, -0.2) is 0 Å². The molecule has 0 aliphatic carbocycles.